The molecule has 0 bridgehead atoms. The first-order chi connectivity index (χ1) is 12.2. The van der Waals surface area contributed by atoms with Crippen LogP contribution in [0.2, 0.25) is 0 Å². The molecule has 0 saturated heterocycles. The molecule has 1 aromatic heterocycles. The Kier molecular flexibility index (Phi) is 5.50. The van der Waals surface area contributed by atoms with Gasteiger partial charge in [0.2, 0.25) is 5.91 Å². The Bertz CT molecular complexity index is 818. The maximum Gasteiger partial charge on any atom is 0.237 e. The Balaban J connectivity index is 1.73. The van der Waals surface area contributed by atoms with Crippen LogP contribution in [0.15, 0.2) is 72.1 Å². The topological polar surface area (TPSA) is 51.0 Å². The van der Waals surface area contributed by atoms with Crippen molar-refractivity contribution in [2.75, 3.05) is 10.7 Å². The molecule has 0 saturated carbocycles. The van der Waals surface area contributed by atoms with Crippen LogP contribution in [0.5, 0.6) is 0 Å². The molecule has 0 fully saturated rings. The number of carbonyl (C=O) groups excluding carboxylic acids is 1. The first-order valence-electron chi connectivity index (χ1n) is 8.12. The standard InChI is InChI=1S/C19H20N4OS/c1-15(2)23(17-11-7-4-8-12-17)18(24)13-25-19-21-20-14-22(19)16-9-5-3-6-10-16/h3-12,14-15H,13H2,1-2H3. The van der Waals surface area contributed by atoms with Gasteiger partial charge in [0.05, 0.1) is 5.75 Å². The Morgan fingerprint density at radius 3 is 2.36 bits per heavy atom. The third-order valence-corrected chi connectivity index (χ3v) is 4.62. The predicted octanol–water partition coefficient (Wildman–Crippen LogP) is 3.80. The van der Waals surface area contributed by atoms with Crippen molar-refractivity contribution in [2.24, 2.45) is 0 Å². The van der Waals surface area contributed by atoms with E-state index in [1.807, 2.05) is 84.0 Å². The molecule has 0 N–H and O–H groups in total. The SMILES string of the molecule is CC(C)N(C(=O)CSc1nncn1-c1ccccc1)c1ccccc1. The van der Waals surface area contributed by atoms with Crippen LogP contribution in [0, 0.1) is 0 Å². The molecule has 25 heavy (non-hydrogen) atoms. The van der Waals surface area contributed by atoms with Crippen LogP contribution < -0.4 is 4.90 Å². The van der Waals surface area contributed by atoms with Gasteiger partial charge in [-0.15, -0.1) is 10.2 Å². The summed E-state index contributed by atoms with van der Waals surface area (Å²) in [5, 5.41) is 8.83. The van der Waals surface area contributed by atoms with Crippen LogP contribution in [0.25, 0.3) is 5.69 Å². The van der Waals surface area contributed by atoms with Gasteiger partial charge in [-0.2, -0.15) is 0 Å². The molecule has 0 radical (unpaired) electrons. The van der Waals surface area contributed by atoms with Gasteiger partial charge in [0.15, 0.2) is 5.16 Å². The monoisotopic (exact) mass is 352 g/mol. The van der Waals surface area contributed by atoms with E-state index in [0.29, 0.717) is 10.9 Å². The Hall–Kier alpha value is -2.60. The Morgan fingerprint density at radius 2 is 1.72 bits per heavy atom. The normalized spacial score (nSPS) is 10.8. The molecule has 0 unspecified atom stereocenters. The van der Waals surface area contributed by atoms with E-state index in [1.54, 1.807) is 6.33 Å². The second-order valence-corrected chi connectivity index (χ2v) is 6.74. The van der Waals surface area contributed by atoms with Crippen molar-refractivity contribution in [1.29, 1.82) is 0 Å². The van der Waals surface area contributed by atoms with Crippen molar-refractivity contribution in [3.05, 3.63) is 67.0 Å². The predicted molar refractivity (Wildman–Crippen MR) is 101 cm³/mol. The number of benzene rings is 2. The Morgan fingerprint density at radius 1 is 1.08 bits per heavy atom. The molecule has 128 valence electrons. The van der Waals surface area contributed by atoms with Gasteiger partial charge in [0, 0.05) is 17.4 Å². The van der Waals surface area contributed by atoms with E-state index in [2.05, 4.69) is 10.2 Å². The molecule has 0 aliphatic heterocycles. The Labute approximate surface area is 151 Å². The van der Waals surface area contributed by atoms with Crippen LogP contribution in [0.1, 0.15) is 13.8 Å². The maximum absolute atomic E-state index is 12.8. The van der Waals surface area contributed by atoms with Crippen molar-refractivity contribution in [3.8, 4) is 5.69 Å². The lowest BCUT2D eigenvalue weighted by molar-refractivity contribution is -0.116. The highest BCUT2D eigenvalue weighted by atomic mass is 32.2. The lowest BCUT2D eigenvalue weighted by atomic mass is 10.2. The fourth-order valence-electron chi connectivity index (χ4n) is 2.60. The number of nitrogens with zero attached hydrogens (tertiary/aromatic N) is 4. The minimum absolute atomic E-state index is 0.0498. The van der Waals surface area contributed by atoms with Gasteiger partial charge >= 0.3 is 0 Å². The second-order valence-electron chi connectivity index (χ2n) is 5.80. The van der Waals surface area contributed by atoms with Gasteiger partial charge < -0.3 is 4.90 Å². The van der Waals surface area contributed by atoms with E-state index >= 15 is 0 Å². The number of rotatable bonds is 6. The number of amides is 1. The molecule has 0 atom stereocenters. The molecule has 0 aliphatic carbocycles. The molecule has 3 rings (SSSR count). The van der Waals surface area contributed by atoms with Crippen molar-refractivity contribution in [1.82, 2.24) is 14.8 Å². The molecule has 1 heterocycles. The van der Waals surface area contributed by atoms with E-state index in [9.17, 15) is 4.79 Å². The number of aromatic nitrogens is 3. The summed E-state index contributed by atoms with van der Waals surface area (Å²) in [5.74, 6) is 0.354. The molecule has 1 amide bonds. The van der Waals surface area contributed by atoms with E-state index in [1.165, 1.54) is 11.8 Å². The number of thioether (sulfide) groups is 1. The van der Waals surface area contributed by atoms with Gasteiger partial charge in [-0.3, -0.25) is 9.36 Å². The zero-order chi connectivity index (χ0) is 17.6. The number of hydrogen-bond donors (Lipinski definition) is 0. The zero-order valence-electron chi connectivity index (χ0n) is 14.2. The highest BCUT2D eigenvalue weighted by molar-refractivity contribution is 7.99. The first-order valence-corrected chi connectivity index (χ1v) is 9.10. The average Bonchev–Trinajstić information content (AvgIpc) is 3.10. The smallest absolute Gasteiger partial charge is 0.237 e. The van der Waals surface area contributed by atoms with Crippen molar-refractivity contribution >= 4 is 23.4 Å². The molecule has 2 aromatic carbocycles. The minimum atomic E-state index is 0.0498. The largest absolute Gasteiger partial charge is 0.309 e. The van der Waals surface area contributed by atoms with Crippen LogP contribution in [-0.4, -0.2) is 32.5 Å². The number of para-hydroxylation sites is 2. The lowest BCUT2D eigenvalue weighted by Gasteiger charge is -2.26. The first kappa shape index (κ1) is 17.2. The molecule has 0 aliphatic rings. The summed E-state index contributed by atoms with van der Waals surface area (Å²) in [5.41, 5.74) is 1.89. The highest BCUT2D eigenvalue weighted by Gasteiger charge is 2.20. The van der Waals surface area contributed by atoms with E-state index in [-0.39, 0.29) is 11.9 Å². The molecule has 5 nitrogen and oxygen atoms in total. The van der Waals surface area contributed by atoms with Gasteiger partial charge in [0.1, 0.15) is 6.33 Å². The summed E-state index contributed by atoms with van der Waals surface area (Å²) in [7, 11) is 0. The number of anilines is 1. The summed E-state index contributed by atoms with van der Waals surface area (Å²) >= 11 is 1.40. The molecule has 6 heteroatoms. The van der Waals surface area contributed by atoms with Gasteiger partial charge in [-0.25, -0.2) is 0 Å². The summed E-state index contributed by atoms with van der Waals surface area (Å²) < 4.78 is 1.89. The van der Waals surface area contributed by atoms with Crippen LogP contribution >= 0.6 is 11.8 Å². The second kappa shape index (κ2) is 7.98. The van der Waals surface area contributed by atoms with E-state index in [0.717, 1.165) is 11.4 Å². The quantitative estimate of drug-likeness (QED) is 0.633. The average molecular weight is 352 g/mol. The lowest BCUT2D eigenvalue weighted by Crippen LogP contribution is -2.38. The van der Waals surface area contributed by atoms with Crippen LogP contribution in [0.4, 0.5) is 5.69 Å². The van der Waals surface area contributed by atoms with Crippen molar-refractivity contribution in [2.45, 2.75) is 25.0 Å². The van der Waals surface area contributed by atoms with Gasteiger partial charge in [0.25, 0.3) is 0 Å². The number of carbonyl (C=O) groups is 1. The molecular formula is C19H20N4OS. The molecule has 3 aromatic rings. The zero-order valence-corrected chi connectivity index (χ0v) is 15.1. The van der Waals surface area contributed by atoms with Crippen LogP contribution in [0.3, 0.4) is 0 Å². The number of hydrogen-bond acceptors (Lipinski definition) is 4. The molecule has 0 spiro atoms. The van der Waals surface area contributed by atoms with Crippen molar-refractivity contribution in [3.63, 3.8) is 0 Å². The van der Waals surface area contributed by atoms with Gasteiger partial charge in [-0.05, 0) is 38.1 Å². The third-order valence-electron chi connectivity index (χ3n) is 3.70. The van der Waals surface area contributed by atoms with Crippen molar-refractivity contribution < 1.29 is 4.79 Å². The fraction of sp³-hybridized carbons (Fsp3) is 0.211. The minimum Gasteiger partial charge on any atom is -0.309 e. The van der Waals surface area contributed by atoms with Crippen LogP contribution in [-0.2, 0) is 4.79 Å². The summed E-state index contributed by atoms with van der Waals surface area (Å²) in [4.78, 5) is 14.6. The van der Waals surface area contributed by atoms with E-state index < -0.39 is 0 Å². The summed E-state index contributed by atoms with van der Waals surface area (Å²) in [6.45, 7) is 4.03. The fourth-order valence-corrected chi connectivity index (χ4v) is 3.39. The van der Waals surface area contributed by atoms with E-state index in [4.69, 9.17) is 0 Å². The third kappa shape index (κ3) is 4.09. The summed E-state index contributed by atoms with van der Waals surface area (Å²) in [6, 6.07) is 19.7. The maximum atomic E-state index is 12.8. The highest BCUT2D eigenvalue weighted by Crippen LogP contribution is 2.22. The van der Waals surface area contributed by atoms with Gasteiger partial charge in [-0.1, -0.05) is 48.2 Å². The molecular weight excluding hydrogens is 332 g/mol. The summed E-state index contributed by atoms with van der Waals surface area (Å²) in [6.07, 6.45) is 1.67.